The van der Waals surface area contributed by atoms with Gasteiger partial charge in [-0.15, -0.1) is 0 Å². The normalized spacial score (nSPS) is 20.6. The van der Waals surface area contributed by atoms with Crippen LogP contribution in [0.5, 0.6) is 5.75 Å². The first-order valence-electron chi connectivity index (χ1n) is 16.7. The lowest BCUT2D eigenvalue weighted by molar-refractivity contribution is -0.137. The Morgan fingerprint density at radius 3 is 2.43 bits per heavy atom. The number of hydrogen-bond donors (Lipinski definition) is 5. The van der Waals surface area contributed by atoms with Crippen LogP contribution in [0.1, 0.15) is 80.0 Å². The second-order valence-corrected chi connectivity index (χ2v) is 14.1. The number of nitrogens with zero attached hydrogens (tertiary/aromatic N) is 1. The molecule has 0 spiro atoms. The van der Waals surface area contributed by atoms with E-state index in [0.717, 1.165) is 48.1 Å². The molecule has 1 fully saturated rings. The molecule has 2 aliphatic rings. The van der Waals surface area contributed by atoms with Crippen molar-refractivity contribution in [1.82, 2.24) is 15.6 Å². The van der Waals surface area contributed by atoms with Gasteiger partial charge in [-0.3, -0.25) is 9.59 Å². The molecule has 10 heteroatoms. The van der Waals surface area contributed by atoms with Crippen LogP contribution in [-0.4, -0.2) is 62.4 Å². The number of fused-ring (bicyclic) bond motifs is 1. The van der Waals surface area contributed by atoms with Gasteiger partial charge in [0.05, 0.1) is 30.2 Å². The highest BCUT2D eigenvalue weighted by Gasteiger charge is 2.42. The Kier molecular flexibility index (Phi) is 12.3. The predicted molar refractivity (Wildman–Crippen MR) is 182 cm³/mol. The third-order valence-corrected chi connectivity index (χ3v) is 10.3. The summed E-state index contributed by atoms with van der Waals surface area (Å²) in [6.07, 6.45) is 3.95. The number of hydrogen-bond acceptors (Lipinski definition) is 8. The molecule has 47 heavy (non-hydrogen) atoms. The van der Waals surface area contributed by atoms with Crippen molar-refractivity contribution >= 4 is 23.6 Å². The minimum atomic E-state index is -1.47. The number of rotatable bonds is 14. The van der Waals surface area contributed by atoms with Gasteiger partial charge in [0.1, 0.15) is 12.0 Å². The average Bonchev–Trinajstić information content (AvgIpc) is 3.39. The van der Waals surface area contributed by atoms with Gasteiger partial charge in [-0.1, -0.05) is 100 Å². The van der Waals surface area contributed by atoms with Crippen LogP contribution in [0.25, 0.3) is 0 Å². The van der Waals surface area contributed by atoms with E-state index >= 15 is 0 Å². The lowest BCUT2D eigenvalue weighted by Crippen LogP contribution is -2.55. The van der Waals surface area contributed by atoms with E-state index < -0.39 is 48.1 Å². The van der Waals surface area contributed by atoms with Crippen LogP contribution in [0.4, 0.5) is 0 Å². The lowest BCUT2D eigenvalue weighted by atomic mass is 9.79. The number of benzene rings is 2. The SMILES string of the molecule is CC(C)[C@@H](C(=O)NC1c2ccccc2CC1O)[C@@H](O)[C@H](O)[C@H](CC1CCCCC1)NC(=O)c1ncccc1OCSc1ccccc1. The van der Waals surface area contributed by atoms with Gasteiger partial charge in [0.25, 0.3) is 5.91 Å². The zero-order valence-corrected chi connectivity index (χ0v) is 27.9. The minimum absolute atomic E-state index is 0.0866. The fourth-order valence-electron chi connectivity index (χ4n) is 6.96. The molecule has 1 heterocycles. The van der Waals surface area contributed by atoms with Gasteiger partial charge >= 0.3 is 0 Å². The standard InChI is InChI=1S/C37H47N3O6S/c1-23(2)31(36(44)40-32-27-17-10-9-14-25(27)21-29(32)41)35(43)34(42)28(20-24-12-5-3-6-13-24)39-37(45)33-30(18-11-19-38-33)46-22-47-26-15-7-4-8-16-26/h4,7-11,14-19,23-24,28-29,31-32,34-35,41-43H,3,5-6,12-13,20-22H2,1-2H3,(H,39,45)(H,40,44)/t28-,29?,31+,32?,34+,35+/m0/s1. The smallest absolute Gasteiger partial charge is 0.274 e. The quantitative estimate of drug-likeness (QED) is 0.120. The van der Waals surface area contributed by atoms with Crippen molar-refractivity contribution in [2.45, 2.75) is 94.1 Å². The van der Waals surface area contributed by atoms with Crippen LogP contribution >= 0.6 is 11.8 Å². The zero-order chi connectivity index (χ0) is 33.3. The molecule has 2 amide bonds. The molecule has 1 saturated carbocycles. The van der Waals surface area contributed by atoms with Gasteiger partial charge < -0.3 is 30.7 Å². The minimum Gasteiger partial charge on any atom is -0.480 e. The number of nitrogens with one attached hydrogen (secondary N) is 2. The number of aromatic nitrogens is 1. The Bertz CT molecular complexity index is 1470. The number of aliphatic hydroxyl groups excluding tert-OH is 3. The molecule has 2 unspecified atom stereocenters. The summed E-state index contributed by atoms with van der Waals surface area (Å²) < 4.78 is 5.95. The fourth-order valence-corrected chi connectivity index (χ4v) is 7.63. The van der Waals surface area contributed by atoms with E-state index in [0.29, 0.717) is 18.6 Å². The molecule has 2 aliphatic carbocycles. The number of aliphatic hydroxyl groups is 3. The summed E-state index contributed by atoms with van der Waals surface area (Å²) in [6, 6.07) is 19.3. The van der Waals surface area contributed by atoms with Gasteiger partial charge in [-0.05, 0) is 53.6 Å². The van der Waals surface area contributed by atoms with Crippen LogP contribution in [0.2, 0.25) is 0 Å². The van der Waals surface area contributed by atoms with Crippen LogP contribution in [-0.2, 0) is 11.2 Å². The summed E-state index contributed by atoms with van der Waals surface area (Å²) in [4.78, 5) is 32.8. The Balaban J connectivity index is 1.31. The van der Waals surface area contributed by atoms with Gasteiger partial charge in [0.2, 0.25) is 5.91 Å². The highest BCUT2D eigenvalue weighted by molar-refractivity contribution is 7.99. The number of carbonyl (C=O) groups excluding carboxylic acids is 2. The highest BCUT2D eigenvalue weighted by atomic mass is 32.2. The maximum absolute atomic E-state index is 13.7. The molecule has 0 bridgehead atoms. The third-order valence-electron chi connectivity index (χ3n) is 9.45. The molecule has 0 saturated heterocycles. The van der Waals surface area contributed by atoms with Crippen LogP contribution in [0.15, 0.2) is 77.8 Å². The highest BCUT2D eigenvalue weighted by Crippen LogP contribution is 2.34. The molecule has 252 valence electrons. The molecule has 6 atom stereocenters. The van der Waals surface area contributed by atoms with E-state index in [4.69, 9.17) is 4.74 Å². The molecule has 1 aromatic heterocycles. The van der Waals surface area contributed by atoms with Gasteiger partial charge in [-0.2, -0.15) is 0 Å². The summed E-state index contributed by atoms with van der Waals surface area (Å²) in [7, 11) is 0. The monoisotopic (exact) mass is 661 g/mol. The largest absolute Gasteiger partial charge is 0.480 e. The summed E-state index contributed by atoms with van der Waals surface area (Å²) in [5.41, 5.74) is 1.91. The molecule has 5 rings (SSSR count). The Hall–Kier alpha value is -3.44. The van der Waals surface area contributed by atoms with Crippen molar-refractivity contribution in [2.75, 3.05) is 5.94 Å². The third kappa shape index (κ3) is 8.93. The number of carbonyl (C=O) groups is 2. The van der Waals surface area contributed by atoms with Crippen molar-refractivity contribution in [2.24, 2.45) is 17.8 Å². The van der Waals surface area contributed by atoms with E-state index in [1.807, 2.05) is 68.4 Å². The van der Waals surface area contributed by atoms with E-state index in [2.05, 4.69) is 15.6 Å². The Labute approximate surface area is 281 Å². The molecular weight excluding hydrogens is 614 g/mol. The first-order chi connectivity index (χ1) is 22.7. The van der Waals surface area contributed by atoms with Gasteiger partial charge in [0, 0.05) is 17.5 Å². The van der Waals surface area contributed by atoms with Crippen molar-refractivity contribution in [3.05, 3.63) is 89.7 Å². The van der Waals surface area contributed by atoms with Gasteiger partial charge in [-0.25, -0.2) is 4.98 Å². The molecule has 0 radical (unpaired) electrons. The van der Waals surface area contributed by atoms with E-state index in [1.165, 1.54) is 18.0 Å². The van der Waals surface area contributed by atoms with Crippen LogP contribution < -0.4 is 15.4 Å². The number of thioether (sulfide) groups is 1. The van der Waals surface area contributed by atoms with E-state index in [1.54, 1.807) is 12.1 Å². The molecule has 0 aliphatic heterocycles. The maximum Gasteiger partial charge on any atom is 0.274 e. The van der Waals surface area contributed by atoms with E-state index in [9.17, 15) is 24.9 Å². The maximum atomic E-state index is 13.7. The summed E-state index contributed by atoms with van der Waals surface area (Å²) >= 11 is 1.49. The summed E-state index contributed by atoms with van der Waals surface area (Å²) in [6.45, 7) is 3.64. The number of pyridine rings is 1. The summed E-state index contributed by atoms with van der Waals surface area (Å²) in [5.74, 6) is -1.45. The Morgan fingerprint density at radius 2 is 1.68 bits per heavy atom. The topological polar surface area (TPSA) is 141 Å². The number of amides is 2. The van der Waals surface area contributed by atoms with Crippen molar-refractivity contribution in [1.29, 1.82) is 0 Å². The van der Waals surface area contributed by atoms with Crippen LogP contribution in [0.3, 0.4) is 0 Å². The van der Waals surface area contributed by atoms with Crippen molar-refractivity contribution < 1.29 is 29.6 Å². The summed E-state index contributed by atoms with van der Waals surface area (Å²) in [5, 5.41) is 40.0. The molecule has 5 N–H and O–H groups in total. The molecular formula is C37H47N3O6S. The second kappa shape index (κ2) is 16.6. The average molecular weight is 662 g/mol. The fraction of sp³-hybridized carbons (Fsp3) is 0.486. The van der Waals surface area contributed by atoms with Gasteiger partial charge in [0.15, 0.2) is 11.4 Å². The first kappa shape index (κ1) is 34.9. The molecule has 2 aromatic carbocycles. The number of ether oxygens (including phenoxy) is 1. The first-order valence-corrected chi connectivity index (χ1v) is 17.7. The van der Waals surface area contributed by atoms with Crippen molar-refractivity contribution in [3.8, 4) is 5.75 Å². The van der Waals surface area contributed by atoms with E-state index in [-0.39, 0.29) is 23.5 Å². The molecule has 9 nitrogen and oxygen atoms in total. The predicted octanol–water partition coefficient (Wildman–Crippen LogP) is 5.05. The zero-order valence-electron chi connectivity index (χ0n) is 27.1. The second-order valence-electron chi connectivity index (χ2n) is 13.1. The lowest BCUT2D eigenvalue weighted by Gasteiger charge is -2.36. The van der Waals surface area contributed by atoms with Crippen LogP contribution in [0, 0.1) is 17.8 Å². The Morgan fingerprint density at radius 1 is 0.957 bits per heavy atom. The van der Waals surface area contributed by atoms with Crippen molar-refractivity contribution in [3.63, 3.8) is 0 Å². The molecule has 3 aromatic rings.